The quantitative estimate of drug-likeness (QED) is 0.321. The first-order valence-corrected chi connectivity index (χ1v) is 12.1. The van der Waals surface area contributed by atoms with Crippen LogP contribution in [-0.4, -0.2) is 85.0 Å². The molecule has 1 rings (SSSR count). The van der Waals surface area contributed by atoms with Gasteiger partial charge in [-0.05, 0) is 54.4 Å². The number of alkyl halides is 6. The topological polar surface area (TPSA) is 85.3 Å². The van der Waals surface area contributed by atoms with E-state index in [-0.39, 0.29) is 17.8 Å². The molecule has 0 aromatic heterocycles. The number of nitrogens with zero attached hydrogens (tertiary/aromatic N) is 1. The predicted molar refractivity (Wildman–Crippen MR) is 124 cm³/mol. The van der Waals surface area contributed by atoms with Gasteiger partial charge in [0.25, 0.3) is 5.60 Å². The summed E-state index contributed by atoms with van der Waals surface area (Å²) < 4.78 is 91.5. The van der Waals surface area contributed by atoms with Gasteiger partial charge in [0, 0.05) is 19.6 Å². The molecule has 7 nitrogen and oxygen atoms in total. The summed E-state index contributed by atoms with van der Waals surface area (Å²) in [7, 11) is 0. The Labute approximate surface area is 214 Å². The van der Waals surface area contributed by atoms with Gasteiger partial charge < -0.3 is 19.3 Å². The molecule has 0 bridgehead atoms. The molecule has 0 spiro atoms. The molecule has 1 saturated heterocycles. The third-order valence-electron chi connectivity index (χ3n) is 6.66. The lowest BCUT2D eigenvalue weighted by atomic mass is 9.83. The zero-order valence-electron chi connectivity index (χ0n) is 22.9. The van der Waals surface area contributed by atoms with Gasteiger partial charge in [-0.1, -0.05) is 13.8 Å². The molecule has 0 radical (unpaired) electrons. The Kier molecular flexibility index (Phi) is 12.4. The van der Waals surface area contributed by atoms with Crippen LogP contribution in [-0.2, 0) is 23.8 Å². The Morgan fingerprint density at radius 1 is 0.811 bits per heavy atom. The lowest BCUT2D eigenvalue weighted by Crippen LogP contribution is -2.70. The van der Waals surface area contributed by atoms with Gasteiger partial charge in [0.05, 0.1) is 24.0 Å². The van der Waals surface area contributed by atoms with Crippen molar-refractivity contribution in [3.63, 3.8) is 0 Å². The normalized spacial score (nSPS) is 16.5. The van der Waals surface area contributed by atoms with Crippen molar-refractivity contribution in [1.82, 2.24) is 4.90 Å². The van der Waals surface area contributed by atoms with Crippen LogP contribution in [0.4, 0.5) is 26.3 Å². The lowest BCUT2D eigenvalue weighted by molar-refractivity contribution is -0.408. The zero-order valence-corrected chi connectivity index (χ0v) is 22.9. The zero-order chi connectivity index (χ0) is 29.5. The molecule has 37 heavy (non-hydrogen) atoms. The van der Waals surface area contributed by atoms with E-state index in [2.05, 4.69) is 9.64 Å². The minimum atomic E-state index is -6.06. The lowest BCUT2D eigenvalue weighted by Gasteiger charge is -2.44. The minimum absolute atomic E-state index is 0.0942. The van der Waals surface area contributed by atoms with E-state index < -0.39 is 34.9 Å². The molecule has 1 fully saturated rings. The van der Waals surface area contributed by atoms with E-state index in [1.165, 1.54) is 20.8 Å². The van der Waals surface area contributed by atoms with Crippen LogP contribution in [0.1, 0.15) is 68.2 Å². The van der Waals surface area contributed by atoms with Crippen molar-refractivity contribution in [2.75, 3.05) is 39.5 Å². The van der Waals surface area contributed by atoms with Crippen LogP contribution in [0.15, 0.2) is 0 Å². The fraction of sp³-hybridized carbons (Fsp3) is 0.917. The number of halogens is 6. The second-order valence-electron chi connectivity index (χ2n) is 10.7. The molecule has 1 aliphatic heterocycles. The van der Waals surface area contributed by atoms with Crippen LogP contribution in [0, 0.1) is 10.8 Å². The number of carbonyl (C=O) groups is 2. The molecular formula is C24H41F6NO6. The third kappa shape index (κ3) is 9.27. The van der Waals surface area contributed by atoms with E-state index in [0.717, 1.165) is 39.3 Å². The van der Waals surface area contributed by atoms with Gasteiger partial charge in [-0.15, -0.1) is 0 Å². The van der Waals surface area contributed by atoms with Gasteiger partial charge in [0.2, 0.25) is 0 Å². The van der Waals surface area contributed by atoms with Crippen LogP contribution in [0.2, 0.25) is 0 Å². The molecule has 0 aromatic rings. The second kappa shape index (κ2) is 13.0. The minimum Gasteiger partial charge on any atom is -0.464 e. The third-order valence-corrected chi connectivity index (χ3v) is 6.66. The molecule has 0 amide bonds. The summed E-state index contributed by atoms with van der Waals surface area (Å²) in [6.07, 6.45) is -11.2. The summed E-state index contributed by atoms with van der Waals surface area (Å²) in [4.78, 5) is 25.7. The van der Waals surface area contributed by atoms with Crippen molar-refractivity contribution in [2.24, 2.45) is 10.8 Å². The number of hydrogen-bond donors (Lipinski definition) is 1. The largest absolute Gasteiger partial charge is 0.464 e. The molecule has 13 heteroatoms. The van der Waals surface area contributed by atoms with Gasteiger partial charge in [-0.3, -0.25) is 14.5 Å². The van der Waals surface area contributed by atoms with E-state index in [1.807, 2.05) is 20.8 Å². The molecule has 0 aliphatic carbocycles. The van der Waals surface area contributed by atoms with Gasteiger partial charge >= 0.3 is 24.3 Å². The molecule has 0 aromatic carbocycles. The number of esters is 2. The summed E-state index contributed by atoms with van der Waals surface area (Å²) in [5.41, 5.74) is -10.1. The average molecular weight is 554 g/mol. The average Bonchev–Trinajstić information content (AvgIpc) is 2.77. The number of hydrogen-bond acceptors (Lipinski definition) is 7. The highest BCUT2D eigenvalue weighted by molar-refractivity contribution is 5.76. The highest BCUT2D eigenvalue weighted by Crippen LogP contribution is 2.51. The van der Waals surface area contributed by atoms with Crippen molar-refractivity contribution in [1.29, 1.82) is 0 Å². The fourth-order valence-electron chi connectivity index (χ4n) is 2.86. The molecule has 220 valence electrons. The predicted octanol–water partition coefficient (Wildman–Crippen LogP) is 4.90. The number of ether oxygens (including phenoxy) is 3. The standard InChI is InChI=1S/C12H18F6O3.C12H23NO3/c1-6-8(2,3)7(19)21-9(4,5)10(20,11(13,14)15)12(16,17)18;1-4-12(2,3)11(14)16-10-7-13-5-8-15-9-6-13/h20H,6H2,1-5H3;4-10H2,1-3H3. The smallest absolute Gasteiger partial charge is 0.430 e. The number of morpholine rings is 1. The van der Waals surface area contributed by atoms with E-state index in [9.17, 15) is 41.0 Å². The SMILES string of the molecule is CCC(C)(C)C(=O)OC(C)(C)C(O)(C(F)(F)F)C(F)(F)F.CCC(C)(C)C(=O)OCCN1CCOCC1. The van der Waals surface area contributed by atoms with Crippen molar-refractivity contribution >= 4 is 11.9 Å². The maximum absolute atomic E-state index is 12.8. The first-order chi connectivity index (χ1) is 16.5. The molecule has 0 saturated carbocycles. The molecule has 0 atom stereocenters. The Balaban J connectivity index is 0.000000724. The van der Waals surface area contributed by atoms with Crippen LogP contribution in [0.3, 0.4) is 0 Å². The maximum Gasteiger partial charge on any atom is 0.430 e. The van der Waals surface area contributed by atoms with E-state index in [4.69, 9.17) is 9.47 Å². The van der Waals surface area contributed by atoms with Crippen molar-refractivity contribution in [2.45, 2.75) is 91.8 Å². The number of rotatable bonds is 9. The van der Waals surface area contributed by atoms with Crippen LogP contribution < -0.4 is 0 Å². The monoisotopic (exact) mass is 553 g/mol. The fourth-order valence-corrected chi connectivity index (χ4v) is 2.86. The van der Waals surface area contributed by atoms with Gasteiger partial charge in [0.1, 0.15) is 6.61 Å². The van der Waals surface area contributed by atoms with E-state index in [1.54, 1.807) is 0 Å². The van der Waals surface area contributed by atoms with Crippen molar-refractivity contribution in [3.05, 3.63) is 0 Å². The summed E-state index contributed by atoms with van der Waals surface area (Å²) in [6.45, 7) is 15.5. The van der Waals surface area contributed by atoms with Crippen LogP contribution >= 0.6 is 0 Å². The van der Waals surface area contributed by atoms with Gasteiger partial charge in [-0.25, -0.2) is 0 Å². The Hall–Kier alpha value is -1.60. The van der Waals surface area contributed by atoms with Crippen molar-refractivity contribution in [3.8, 4) is 0 Å². The molecule has 1 heterocycles. The van der Waals surface area contributed by atoms with Crippen LogP contribution in [0.25, 0.3) is 0 Å². The highest BCUT2D eigenvalue weighted by Gasteiger charge is 2.78. The first kappa shape index (κ1) is 35.4. The molecular weight excluding hydrogens is 512 g/mol. The Bertz CT molecular complexity index is 729. The second-order valence-corrected chi connectivity index (χ2v) is 10.7. The summed E-state index contributed by atoms with van der Waals surface area (Å²) in [6, 6.07) is 0. The summed E-state index contributed by atoms with van der Waals surface area (Å²) >= 11 is 0. The number of carbonyl (C=O) groups excluding carboxylic acids is 2. The van der Waals surface area contributed by atoms with Crippen molar-refractivity contribution < 1.29 is 55.2 Å². The molecule has 1 aliphatic rings. The Morgan fingerprint density at radius 2 is 1.22 bits per heavy atom. The van der Waals surface area contributed by atoms with Gasteiger partial charge in [-0.2, -0.15) is 26.3 Å². The van der Waals surface area contributed by atoms with Gasteiger partial charge in [0.15, 0.2) is 5.60 Å². The Morgan fingerprint density at radius 3 is 1.59 bits per heavy atom. The highest BCUT2D eigenvalue weighted by atomic mass is 19.4. The summed E-state index contributed by atoms with van der Waals surface area (Å²) in [5.74, 6) is -1.36. The molecule has 0 unspecified atom stereocenters. The number of aliphatic hydroxyl groups is 1. The van der Waals surface area contributed by atoms with E-state index >= 15 is 0 Å². The molecule has 1 N–H and O–H groups in total. The summed E-state index contributed by atoms with van der Waals surface area (Å²) in [5, 5.41) is 9.27. The first-order valence-electron chi connectivity index (χ1n) is 12.1. The van der Waals surface area contributed by atoms with E-state index in [0.29, 0.717) is 20.5 Å². The maximum atomic E-state index is 12.8. The van der Waals surface area contributed by atoms with Crippen LogP contribution in [0.5, 0.6) is 0 Å².